The van der Waals surface area contributed by atoms with E-state index in [2.05, 4.69) is 39.5 Å². The number of halogens is 2. The van der Waals surface area contributed by atoms with Crippen molar-refractivity contribution < 1.29 is 13.6 Å². The predicted octanol–water partition coefficient (Wildman–Crippen LogP) is 4.42. The number of benzene rings is 2. The molecule has 10 heteroatoms. The zero-order valence-electron chi connectivity index (χ0n) is 21.9. The fraction of sp³-hybridized carbons (Fsp3) is 0.345. The van der Waals surface area contributed by atoms with E-state index in [0.717, 1.165) is 36.2 Å². The topological polar surface area (TPSA) is 69.0 Å². The fourth-order valence-corrected chi connectivity index (χ4v) is 5.50. The summed E-state index contributed by atoms with van der Waals surface area (Å²) in [5.41, 5.74) is 3.97. The number of carbonyl (C=O) groups excluding carboxylic acids is 1. The minimum absolute atomic E-state index is 0.0476. The number of amides is 1. The average molecular weight is 532 g/mol. The maximum atomic E-state index is 14.2. The van der Waals surface area contributed by atoms with Crippen LogP contribution < -0.4 is 15.1 Å². The Labute approximate surface area is 225 Å². The molecular formula is C29H31F2N7O. The first-order chi connectivity index (χ1) is 19.0. The summed E-state index contributed by atoms with van der Waals surface area (Å²) >= 11 is 0. The van der Waals surface area contributed by atoms with Gasteiger partial charge in [-0.25, -0.2) is 13.8 Å². The number of piperazine rings is 1. The van der Waals surface area contributed by atoms with Gasteiger partial charge in [0.05, 0.1) is 11.9 Å². The lowest BCUT2D eigenvalue weighted by atomic mass is 10.1. The molecule has 4 heterocycles. The molecule has 39 heavy (non-hydrogen) atoms. The Bertz CT molecular complexity index is 1480. The van der Waals surface area contributed by atoms with Crippen LogP contribution in [0.3, 0.4) is 0 Å². The van der Waals surface area contributed by atoms with Crippen LogP contribution in [0.2, 0.25) is 0 Å². The van der Waals surface area contributed by atoms with Crippen LogP contribution >= 0.6 is 0 Å². The van der Waals surface area contributed by atoms with Gasteiger partial charge >= 0.3 is 0 Å². The van der Waals surface area contributed by atoms with Gasteiger partial charge in [0.2, 0.25) is 5.91 Å². The highest BCUT2D eigenvalue weighted by Crippen LogP contribution is 2.31. The van der Waals surface area contributed by atoms with Crippen molar-refractivity contribution in [3.05, 3.63) is 72.7 Å². The van der Waals surface area contributed by atoms with Gasteiger partial charge in [0.1, 0.15) is 29.2 Å². The molecule has 1 N–H and O–H groups in total. The van der Waals surface area contributed by atoms with Crippen LogP contribution in [0.15, 0.2) is 61.1 Å². The monoisotopic (exact) mass is 531 g/mol. The minimum Gasteiger partial charge on any atom is -0.372 e. The average Bonchev–Trinajstić information content (AvgIpc) is 3.62. The largest absolute Gasteiger partial charge is 0.372 e. The molecule has 2 aliphatic heterocycles. The molecule has 4 aromatic rings. The van der Waals surface area contributed by atoms with Gasteiger partial charge in [-0.2, -0.15) is 0 Å². The molecule has 2 saturated heterocycles. The smallest absolute Gasteiger partial charge is 0.244 e. The number of carbonyl (C=O) groups is 1. The number of fused-ring (bicyclic) bond motifs is 1. The van der Waals surface area contributed by atoms with Crippen LogP contribution in [0, 0.1) is 11.6 Å². The van der Waals surface area contributed by atoms with Crippen LogP contribution in [0.5, 0.6) is 0 Å². The van der Waals surface area contributed by atoms with Gasteiger partial charge in [0.25, 0.3) is 0 Å². The molecule has 1 amide bonds. The molecule has 6 rings (SSSR count). The normalized spacial score (nSPS) is 16.6. The number of anilines is 3. The molecule has 8 nitrogen and oxygen atoms in total. The maximum Gasteiger partial charge on any atom is 0.244 e. The quantitative estimate of drug-likeness (QED) is 0.397. The van der Waals surface area contributed by atoms with Crippen LogP contribution in [0.25, 0.3) is 16.9 Å². The van der Waals surface area contributed by atoms with Gasteiger partial charge in [0.15, 0.2) is 5.65 Å². The van der Waals surface area contributed by atoms with Gasteiger partial charge in [-0.3, -0.25) is 14.2 Å². The Kier molecular flexibility index (Phi) is 6.76. The van der Waals surface area contributed by atoms with Crippen molar-refractivity contribution in [1.29, 1.82) is 0 Å². The number of nitrogens with one attached hydrogen (secondary N) is 1. The van der Waals surface area contributed by atoms with Crippen molar-refractivity contribution in [1.82, 2.24) is 19.3 Å². The lowest BCUT2D eigenvalue weighted by Crippen LogP contribution is -2.52. The molecule has 0 radical (unpaired) electrons. The van der Waals surface area contributed by atoms with Crippen molar-refractivity contribution in [2.75, 3.05) is 54.4 Å². The number of rotatable bonds is 6. The summed E-state index contributed by atoms with van der Waals surface area (Å²) in [5, 5.41) is 3.41. The molecule has 0 aliphatic carbocycles. The molecule has 202 valence electrons. The van der Waals surface area contributed by atoms with Gasteiger partial charge < -0.3 is 20.0 Å². The molecule has 2 fully saturated rings. The van der Waals surface area contributed by atoms with Crippen LogP contribution in [0.1, 0.15) is 19.8 Å². The Morgan fingerprint density at radius 1 is 0.949 bits per heavy atom. The zero-order valence-corrected chi connectivity index (χ0v) is 21.9. The summed E-state index contributed by atoms with van der Waals surface area (Å²) in [7, 11) is 0. The van der Waals surface area contributed by atoms with Crippen molar-refractivity contribution >= 4 is 28.7 Å². The molecule has 0 bridgehead atoms. The van der Waals surface area contributed by atoms with E-state index >= 15 is 0 Å². The van der Waals surface area contributed by atoms with E-state index in [9.17, 15) is 13.6 Å². The second-order valence-electron chi connectivity index (χ2n) is 10.1. The molecule has 2 aromatic carbocycles. The van der Waals surface area contributed by atoms with E-state index in [4.69, 9.17) is 4.98 Å². The molecular weight excluding hydrogens is 500 g/mol. The first kappa shape index (κ1) is 25.1. The van der Waals surface area contributed by atoms with Crippen LogP contribution in [-0.2, 0) is 4.79 Å². The first-order valence-corrected chi connectivity index (χ1v) is 13.4. The van der Waals surface area contributed by atoms with Crippen molar-refractivity contribution in [3.8, 4) is 11.3 Å². The minimum atomic E-state index is -0.602. The van der Waals surface area contributed by atoms with E-state index < -0.39 is 17.7 Å². The lowest BCUT2D eigenvalue weighted by Gasteiger charge is -2.37. The Morgan fingerprint density at radius 3 is 2.41 bits per heavy atom. The van der Waals surface area contributed by atoms with Crippen molar-refractivity contribution in [3.63, 3.8) is 0 Å². The summed E-state index contributed by atoms with van der Waals surface area (Å²) in [4.78, 5) is 28.5. The summed E-state index contributed by atoms with van der Waals surface area (Å²) in [5.74, 6) is -0.509. The molecule has 2 aliphatic rings. The van der Waals surface area contributed by atoms with E-state index in [1.807, 2.05) is 22.4 Å². The summed E-state index contributed by atoms with van der Waals surface area (Å²) in [6.45, 7) is 5.84. The second kappa shape index (κ2) is 10.5. The van der Waals surface area contributed by atoms with E-state index in [1.165, 1.54) is 30.7 Å². The molecule has 0 spiro atoms. The number of aromatic nitrogens is 3. The summed E-state index contributed by atoms with van der Waals surface area (Å²) < 4.78 is 29.5. The highest BCUT2D eigenvalue weighted by molar-refractivity contribution is 5.87. The highest BCUT2D eigenvalue weighted by Gasteiger charge is 2.28. The predicted molar refractivity (Wildman–Crippen MR) is 148 cm³/mol. The Balaban J connectivity index is 1.18. The maximum absolute atomic E-state index is 14.2. The third-order valence-electron chi connectivity index (χ3n) is 7.61. The SMILES string of the molecule is CC(Nc1c(-c2ccc(N3CCCC3)cc2)nc2cnccn12)C(=O)N1CCN(c2ccc(F)cc2F)CC1. The van der Waals surface area contributed by atoms with Crippen molar-refractivity contribution in [2.45, 2.75) is 25.8 Å². The van der Waals surface area contributed by atoms with Gasteiger partial charge in [0, 0.05) is 69.0 Å². The van der Waals surface area contributed by atoms with Crippen LogP contribution in [0.4, 0.5) is 26.0 Å². The first-order valence-electron chi connectivity index (χ1n) is 13.4. The molecule has 1 atom stereocenters. The second-order valence-corrected chi connectivity index (χ2v) is 10.1. The highest BCUT2D eigenvalue weighted by atomic mass is 19.1. The molecule has 1 unspecified atom stereocenters. The lowest BCUT2D eigenvalue weighted by molar-refractivity contribution is -0.131. The van der Waals surface area contributed by atoms with E-state index in [0.29, 0.717) is 37.5 Å². The van der Waals surface area contributed by atoms with Crippen molar-refractivity contribution in [2.24, 2.45) is 0 Å². The third kappa shape index (κ3) is 4.98. The number of hydrogen-bond donors (Lipinski definition) is 1. The number of nitrogens with zero attached hydrogens (tertiary/aromatic N) is 6. The molecule has 2 aromatic heterocycles. The van der Waals surface area contributed by atoms with Gasteiger partial charge in [-0.1, -0.05) is 12.1 Å². The van der Waals surface area contributed by atoms with E-state index in [1.54, 1.807) is 17.3 Å². The molecule has 0 saturated carbocycles. The van der Waals surface area contributed by atoms with Crippen LogP contribution in [-0.4, -0.2) is 70.5 Å². The standard InChI is InChI=1S/C29H31F2N7O/c1-20(29(39)37-16-14-36(15-17-37)25-9-6-22(30)18-24(25)31)33-28-27(34-26-19-32-10-13-38(26)28)21-4-7-23(8-5-21)35-11-2-3-12-35/h4-10,13,18-20,33H,2-3,11-12,14-17H2,1H3. The zero-order chi connectivity index (χ0) is 26.9. The van der Waals surface area contributed by atoms with Gasteiger partial charge in [-0.15, -0.1) is 0 Å². The number of hydrogen-bond acceptors (Lipinski definition) is 6. The third-order valence-corrected chi connectivity index (χ3v) is 7.61. The Morgan fingerprint density at radius 2 is 1.69 bits per heavy atom. The summed E-state index contributed by atoms with van der Waals surface area (Å²) in [6, 6.07) is 11.5. The van der Waals surface area contributed by atoms with Gasteiger partial charge in [-0.05, 0) is 44.0 Å². The summed E-state index contributed by atoms with van der Waals surface area (Å²) in [6.07, 6.45) is 7.67. The number of imidazole rings is 1. The fourth-order valence-electron chi connectivity index (χ4n) is 5.50. The Hall–Kier alpha value is -4.21. The van der Waals surface area contributed by atoms with E-state index in [-0.39, 0.29) is 5.91 Å².